The summed E-state index contributed by atoms with van der Waals surface area (Å²) in [7, 11) is 0. The number of nitrogens with zero attached hydrogens (tertiary/aromatic N) is 1. The minimum Gasteiger partial charge on any atom is -0.463 e. The highest BCUT2D eigenvalue weighted by molar-refractivity contribution is 6.31. The fraction of sp³-hybridized carbons (Fsp3) is 0.227. The van der Waals surface area contributed by atoms with Crippen LogP contribution in [-0.2, 0) is 19.1 Å². The summed E-state index contributed by atoms with van der Waals surface area (Å²) in [4.78, 5) is 37.8. The van der Waals surface area contributed by atoms with E-state index < -0.39 is 11.9 Å². The van der Waals surface area contributed by atoms with Gasteiger partial charge in [-0.1, -0.05) is 29.8 Å². The molecular formula is C22H21ClN2O4. The van der Waals surface area contributed by atoms with Crippen molar-refractivity contribution in [1.82, 2.24) is 0 Å². The minimum atomic E-state index is -0.440. The normalized spacial score (nSPS) is 16.3. The standard InChI is InChI=1S/C22H21ClN2O4/c1-2-29-21(27)11-8-15-6-9-18(10-7-15)24-22(28)16-12-20(26)25(14-16)19-5-3-4-17(23)13-19/h3-11,13,16H,2,12,14H2,1H3,(H,24,28)/b11-8+. The fourth-order valence-electron chi connectivity index (χ4n) is 3.05. The van der Waals surface area contributed by atoms with Gasteiger partial charge in [-0.05, 0) is 48.9 Å². The van der Waals surface area contributed by atoms with Crippen molar-refractivity contribution in [3.8, 4) is 0 Å². The van der Waals surface area contributed by atoms with Gasteiger partial charge in [-0.3, -0.25) is 9.59 Å². The molecule has 150 valence electrons. The largest absolute Gasteiger partial charge is 0.463 e. The third kappa shape index (κ3) is 5.45. The molecule has 7 heteroatoms. The number of esters is 1. The number of rotatable bonds is 6. The Morgan fingerprint density at radius 2 is 2.00 bits per heavy atom. The van der Waals surface area contributed by atoms with Crippen LogP contribution >= 0.6 is 11.6 Å². The first-order chi connectivity index (χ1) is 14.0. The van der Waals surface area contributed by atoms with Gasteiger partial charge in [0.2, 0.25) is 11.8 Å². The molecule has 0 aromatic heterocycles. The second kappa shape index (κ2) is 9.39. The summed E-state index contributed by atoms with van der Waals surface area (Å²) in [6, 6.07) is 14.1. The molecule has 0 aliphatic carbocycles. The number of carbonyl (C=O) groups is 3. The molecule has 1 atom stereocenters. The van der Waals surface area contributed by atoms with E-state index in [2.05, 4.69) is 5.32 Å². The maximum absolute atomic E-state index is 12.6. The molecule has 1 unspecified atom stereocenters. The molecule has 2 amide bonds. The monoisotopic (exact) mass is 412 g/mol. The zero-order valence-electron chi connectivity index (χ0n) is 15.9. The summed E-state index contributed by atoms with van der Waals surface area (Å²) in [6.45, 7) is 2.38. The second-order valence-electron chi connectivity index (χ2n) is 6.58. The molecule has 0 spiro atoms. The van der Waals surface area contributed by atoms with Crippen molar-refractivity contribution < 1.29 is 19.1 Å². The van der Waals surface area contributed by atoms with Crippen LogP contribution < -0.4 is 10.2 Å². The molecule has 2 aromatic rings. The van der Waals surface area contributed by atoms with Crippen molar-refractivity contribution in [1.29, 1.82) is 0 Å². The van der Waals surface area contributed by atoms with Crippen molar-refractivity contribution in [2.45, 2.75) is 13.3 Å². The summed E-state index contributed by atoms with van der Waals surface area (Å²) >= 11 is 6.00. The third-order valence-electron chi connectivity index (χ3n) is 4.49. The first-order valence-corrected chi connectivity index (χ1v) is 9.65. The van der Waals surface area contributed by atoms with Crippen LogP contribution in [0.4, 0.5) is 11.4 Å². The van der Waals surface area contributed by atoms with Crippen LogP contribution in [0.15, 0.2) is 54.6 Å². The Kier molecular flexibility index (Phi) is 6.67. The molecule has 1 heterocycles. The van der Waals surface area contributed by atoms with E-state index in [0.717, 1.165) is 5.56 Å². The zero-order valence-corrected chi connectivity index (χ0v) is 16.7. The number of halogens is 1. The third-order valence-corrected chi connectivity index (χ3v) is 4.73. The minimum absolute atomic E-state index is 0.105. The summed E-state index contributed by atoms with van der Waals surface area (Å²) in [5.41, 5.74) is 2.12. The lowest BCUT2D eigenvalue weighted by molar-refractivity contribution is -0.137. The van der Waals surface area contributed by atoms with Gasteiger partial charge >= 0.3 is 5.97 Å². The maximum atomic E-state index is 12.6. The van der Waals surface area contributed by atoms with E-state index in [-0.39, 0.29) is 18.2 Å². The number of ether oxygens (including phenoxy) is 1. The summed E-state index contributed by atoms with van der Waals surface area (Å²) in [6.07, 6.45) is 3.15. The predicted molar refractivity (Wildman–Crippen MR) is 113 cm³/mol. The van der Waals surface area contributed by atoms with Crippen LogP contribution in [0, 0.1) is 5.92 Å². The number of hydrogen-bond acceptors (Lipinski definition) is 4. The predicted octanol–water partition coefficient (Wildman–Crippen LogP) is 3.91. The number of carbonyl (C=O) groups excluding carboxylic acids is 3. The van der Waals surface area contributed by atoms with Crippen LogP contribution in [0.2, 0.25) is 5.02 Å². The van der Waals surface area contributed by atoms with E-state index in [1.165, 1.54) is 6.08 Å². The zero-order chi connectivity index (χ0) is 20.8. The topological polar surface area (TPSA) is 75.7 Å². The Hall–Kier alpha value is -3.12. The van der Waals surface area contributed by atoms with Gasteiger partial charge in [0.1, 0.15) is 0 Å². The van der Waals surface area contributed by atoms with E-state index in [1.807, 2.05) is 0 Å². The molecule has 1 aliphatic heterocycles. The van der Waals surface area contributed by atoms with Crippen molar-refractivity contribution in [3.05, 3.63) is 65.2 Å². The summed E-state index contributed by atoms with van der Waals surface area (Å²) in [5.74, 6) is -1.16. The number of benzene rings is 2. The Morgan fingerprint density at radius 1 is 1.24 bits per heavy atom. The lowest BCUT2D eigenvalue weighted by Gasteiger charge is -2.17. The van der Waals surface area contributed by atoms with Gasteiger partial charge in [0.05, 0.1) is 12.5 Å². The van der Waals surface area contributed by atoms with Crippen LogP contribution in [0.3, 0.4) is 0 Å². The molecule has 2 aromatic carbocycles. The fourth-order valence-corrected chi connectivity index (χ4v) is 3.24. The molecule has 1 fully saturated rings. The van der Waals surface area contributed by atoms with Crippen molar-refractivity contribution in [2.75, 3.05) is 23.4 Å². The molecule has 0 bridgehead atoms. The van der Waals surface area contributed by atoms with Gasteiger partial charge in [-0.2, -0.15) is 0 Å². The van der Waals surface area contributed by atoms with Crippen molar-refractivity contribution >= 4 is 46.8 Å². The molecular weight excluding hydrogens is 392 g/mol. The quantitative estimate of drug-likeness (QED) is 0.576. The molecule has 1 N–H and O–H groups in total. The SMILES string of the molecule is CCOC(=O)/C=C/c1ccc(NC(=O)C2CC(=O)N(c3cccc(Cl)c3)C2)cc1. The molecule has 1 saturated heterocycles. The summed E-state index contributed by atoms with van der Waals surface area (Å²) in [5, 5.41) is 3.38. The van der Waals surface area contributed by atoms with Gasteiger partial charge in [0, 0.05) is 35.4 Å². The first-order valence-electron chi connectivity index (χ1n) is 9.28. The van der Waals surface area contributed by atoms with E-state index in [0.29, 0.717) is 29.5 Å². The Balaban J connectivity index is 1.59. The Bertz CT molecular complexity index is 940. The van der Waals surface area contributed by atoms with E-state index in [9.17, 15) is 14.4 Å². The number of anilines is 2. The van der Waals surface area contributed by atoms with Gasteiger partial charge in [0.15, 0.2) is 0 Å². The van der Waals surface area contributed by atoms with E-state index in [1.54, 1.807) is 66.4 Å². The maximum Gasteiger partial charge on any atom is 0.330 e. The molecule has 29 heavy (non-hydrogen) atoms. The second-order valence-corrected chi connectivity index (χ2v) is 7.02. The first kappa shape index (κ1) is 20.6. The van der Waals surface area contributed by atoms with E-state index >= 15 is 0 Å². The number of amides is 2. The van der Waals surface area contributed by atoms with Crippen LogP contribution in [0.5, 0.6) is 0 Å². The average Bonchev–Trinajstić information content (AvgIpc) is 3.09. The van der Waals surface area contributed by atoms with Gasteiger partial charge < -0.3 is 15.0 Å². The summed E-state index contributed by atoms with van der Waals surface area (Å²) < 4.78 is 4.83. The lowest BCUT2D eigenvalue weighted by Crippen LogP contribution is -2.28. The average molecular weight is 413 g/mol. The van der Waals surface area contributed by atoms with Gasteiger partial charge in [-0.25, -0.2) is 4.79 Å². The van der Waals surface area contributed by atoms with Crippen molar-refractivity contribution in [2.24, 2.45) is 5.92 Å². The van der Waals surface area contributed by atoms with E-state index in [4.69, 9.17) is 16.3 Å². The molecule has 1 aliphatic rings. The molecule has 0 saturated carbocycles. The lowest BCUT2D eigenvalue weighted by atomic mass is 10.1. The Morgan fingerprint density at radius 3 is 2.69 bits per heavy atom. The Labute approximate surface area is 174 Å². The highest BCUT2D eigenvalue weighted by Gasteiger charge is 2.35. The highest BCUT2D eigenvalue weighted by Crippen LogP contribution is 2.28. The van der Waals surface area contributed by atoms with Crippen LogP contribution in [0.25, 0.3) is 6.08 Å². The van der Waals surface area contributed by atoms with Crippen LogP contribution in [0.1, 0.15) is 18.9 Å². The van der Waals surface area contributed by atoms with Crippen molar-refractivity contribution in [3.63, 3.8) is 0 Å². The number of nitrogens with one attached hydrogen (secondary N) is 1. The smallest absolute Gasteiger partial charge is 0.330 e. The van der Waals surface area contributed by atoms with Crippen LogP contribution in [-0.4, -0.2) is 30.9 Å². The molecule has 3 rings (SSSR count). The highest BCUT2D eigenvalue weighted by atomic mass is 35.5. The molecule has 0 radical (unpaired) electrons. The molecule has 6 nitrogen and oxygen atoms in total. The van der Waals surface area contributed by atoms with Gasteiger partial charge in [0.25, 0.3) is 0 Å². The van der Waals surface area contributed by atoms with Gasteiger partial charge in [-0.15, -0.1) is 0 Å². The number of hydrogen-bond donors (Lipinski definition) is 1.